The Balaban J connectivity index is 1.65. The predicted molar refractivity (Wildman–Crippen MR) is 95.3 cm³/mol. The zero-order valence-electron chi connectivity index (χ0n) is 14.7. The number of nitrogens with zero attached hydrogens (tertiary/aromatic N) is 1. The molecule has 1 fully saturated rings. The number of hydrogen-bond donors (Lipinski definition) is 1. The minimum atomic E-state index is -0.939. The van der Waals surface area contributed by atoms with Gasteiger partial charge in [0.2, 0.25) is 0 Å². The summed E-state index contributed by atoms with van der Waals surface area (Å²) in [5, 5.41) is 15.4. The number of benzene rings is 1. The van der Waals surface area contributed by atoms with Crippen LogP contribution in [0.5, 0.6) is 5.75 Å². The van der Waals surface area contributed by atoms with Crippen molar-refractivity contribution in [1.29, 1.82) is 0 Å². The second kappa shape index (κ2) is 8.30. The first-order valence-corrected chi connectivity index (χ1v) is 8.99. The van der Waals surface area contributed by atoms with Gasteiger partial charge >= 0.3 is 0 Å². The Kier molecular flexibility index (Phi) is 5.87. The maximum atomic E-state index is 11.0. The Hall–Kier alpha value is -2.14. The molecule has 5 nitrogen and oxygen atoms in total. The number of carboxylic acids is 1. The van der Waals surface area contributed by atoms with Crippen molar-refractivity contribution in [2.75, 3.05) is 20.2 Å². The standard InChI is InChI=1S/C20H26N2O3/c1-25-17-5-6-19-18(12-17)15(8-10-22-19)4-2-3-14-7-9-21-13-16(14)11-20(23)24/h5-6,8,10,12,14,16,21H,2-4,7,9,11,13H2,1H3,(H,23,24)/p-1/t14-,16+/m1/s1. The van der Waals surface area contributed by atoms with E-state index in [0.717, 1.165) is 55.4 Å². The third-order valence-electron chi connectivity index (χ3n) is 5.25. The van der Waals surface area contributed by atoms with E-state index in [4.69, 9.17) is 4.74 Å². The summed E-state index contributed by atoms with van der Waals surface area (Å²) in [5.41, 5.74) is 2.25. The van der Waals surface area contributed by atoms with E-state index < -0.39 is 5.97 Å². The molecule has 2 aromatic rings. The lowest BCUT2D eigenvalue weighted by Crippen LogP contribution is -2.40. The van der Waals surface area contributed by atoms with Gasteiger partial charge in [0.1, 0.15) is 5.75 Å². The van der Waals surface area contributed by atoms with Crippen molar-refractivity contribution in [3.8, 4) is 5.75 Å². The quantitative estimate of drug-likeness (QED) is 0.833. The molecular weight excluding hydrogens is 316 g/mol. The molecule has 1 aliphatic heterocycles. The van der Waals surface area contributed by atoms with Crippen LogP contribution in [0.1, 0.15) is 31.2 Å². The molecule has 3 rings (SSSR count). The van der Waals surface area contributed by atoms with E-state index in [0.29, 0.717) is 5.92 Å². The highest BCUT2D eigenvalue weighted by atomic mass is 16.5. The Morgan fingerprint density at radius 3 is 3.04 bits per heavy atom. The van der Waals surface area contributed by atoms with Gasteiger partial charge in [0, 0.05) is 17.6 Å². The van der Waals surface area contributed by atoms with Gasteiger partial charge in [-0.25, -0.2) is 0 Å². The molecule has 134 valence electrons. The van der Waals surface area contributed by atoms with E-state index in [2.05, 4.69) is 16.4 Å². The van der Waals surface area contributed by atoms with Crippen LogP contribution in [-0.4, -0.2) is 31.2 Å². The van der Waals surface area contributed by atoms with Gasteiger partial charge in [0.25, 0.3) is 0 Å². The van der Waals surface area contributed by atoms with E-state index in [9.17, 15) is 9.90 Å². The molecule has 0 unspecified atom stereocenters. The summed E-state index contributed by atoms with van der Waals surface area (Å²) >= 11 is 0. The minimum absolute atomic E-state index is 0.160. The monoisotopic (exact) mass is 341 g/mol. The van der Waals surface area contributed by atoms with Crippen molar-refractivity contribution in [2.24, 2.45) is 11.8 Å². The first-order chi connectivity index (χ1) is 12.2. The zero-order valence-corrected chi connectivity index (χ0v) is 14.7. The van der Waals surface area contributed by atoms with Crippen LogP contribution < -0.4 is 15.2 Å². The van der Waals surface area contributed by atoms with Crippen LogP contribution in [0.2, 0.25) is 0 Å². The van der Waals surface area contributed by atoms with Crippen LogP contribution in [0.3, 0.4) is 0 Å². The minimum Gasteiger partial charge on any atom is -0.550 e. The van der Waals surface area contributed by atoms with Crippen molar-refractivity contribution in [1.82, 2.24) is 10.3 Å². The lowest BCUT2D eigenvalue weighted by atomic mass is 9.80. The summed E-state index contributed by atoms with van der Waals surface area (Å²) in [5.74, 6) is 0.551. The lowest BCUT2D eigenvalue weighted by Gasteiger charge is -2.32. The molecule has 2 atom stereocenters. The summed E-state index contributed by atoms with van der Waals surface area (Å²) in [6.45, 7) is 1.76. The Labute approximate surface area is 148 Å². The number of carbonyl (C=O) groups excluding carboxylic acids is 1. The number of piperidine rings is 1. The average molecular weight is 341 g/mol. The Bertz CT molecular complexity index is 732. The molecule has 1 N–H and O–H groups in total. The Morgan fingerprint density at radius 1 is 1.36 bits per heavy atom. The van der Waals surface area contributed by atoms with E-state index in [1.807, 2.05) is 24.4 Å². The fraction of sp³-hybridized carbons (Fsp3) is 0.500. The normalized spacial score (nSPS) is 20.5. The molecule has 0 spiro atoms. The largest absolute Gasteiger partial charge is 0.550 e. The molecule has 1 aliphatic rings. The van der Waals surface area contributed by atoms with Crippen molar-refractivity contribution in [3.05, 3.63) is 36.0 Å². The van der Waals surface area contributed by atoms with Gasteiger partial charge in [-0.3, -0.25) is 4.98 Å². The van der Waals surface area contributed by atoms with Crippen molar-refractivity contribution < 1.29 is 14.6 Å². The highest BCUT2D eigenvalue weighted by molar-refractivity contribution is 5.83. The van der Waals surface area contributed by atoms with Crippen molar-refractivity contribution in [2.45, 2.75) is 32.1 Å². The van der Waals surface area contributed by atoms with Crippen LogP contribution in [-0.2, 0) is 11.2 Å². The second-order valence-corrected chi connectivity index (χ2v) is 6.83. The number of fused-ring (bicyclic) bond motifs is 1. The lowest BCUT2D eigenvalue weighted by molar-refractivity contribution is -0.307. The van der Waals surface area contributed by atoms with E-state index >= 15 is 0 Å². The van der Waals surface area contributed by atoms with Gasteiger partial charge < -0.3 is 20.0 Å². The number of pyridine rings is 1. The molecule has 0 radical (unpaired) electrons. The highest BCUT2D eigenvalue weighted by Crippen LogP contribution is 2.29. The van der Waals surface area contributed by atoms with Crippen molar-refractivity contribution >= 4 is 16.9 Å². The van der Waals surface area contributed by atoms with Gasteiger partial charge in [0.15, 0.2) is 0 Å². The third-order valence-corrected chi connectivity index (χ3v) is 5.25. The summed E-state index contributed by atoms with van der Waals surface area (Å²) < 4.78 is 5.33. The number of methoxy groups -OCH3 is 1. The maximum Gasteiger partial charge on any atom is 0.119 e. The average Bonchev–Trinajstić information content (AvgIpc) is 2.62. The van der Waals surface area contributed by atoms with Crippen molar-refractivity contribution in [3.63, 3.8) is 0 Å². The number of rotatable bonds is 7. The number of aryl methyl sites for hydroxylation is 1. The number of hydrogen-bond acceptors (Lipinski definition) is 5. The fourth-order valence-electron chi connectivity index (χ4n) is 3.89. The summed E-state index contributed by atoms with van der Waals surface area (Å²) in [4.78, 5) is 15.4. The molecule has 25 heavy (non-hydrogen) atoms. The van der Waals surface area contributed by atoms with Crippen LogP contribution in [0.15, 0.2) is 30.5 Å². The molecule has 2 heterocycles. The topological polar surface area (TPSA) is 74.3 Å². The molecular formula is C20H25N2O3-. The second-order valence-electron chi connectivity index (χ2n) is 6.83. The van der Waals surface area contributed by atoms with Crippen LogP contribution in [0.4, 0.5) is 0 Å². The zero-order chi connectivity index (χ0) is 17.6. The molecule has 0 amide bonds. The summed E-state index contributed by atoms with van der Waals surface area (Å²) in [6, 6.07) is 8.03. The fourth-order valence-corrected chi connectivity index (χ4v) is 3.89. The number of aromatic nitrogens is 1. The molecule has 0 bridgehead atoms. The first kappa shape index (κ1) is 17.7. The van der Waals surface area contributed by atoms with Crippen LogP contribution >= 0.6 is 0 Å². The van der Waals surface area contributed by atoms with Crippen LogP contribution in [0, 0.1) is 11.8 Å². The van der Waals surface area contributed by atoms with Crippen LogP contribution in [0.25, 0.3) is 10.9 Å². The highest BCUT2D eigenvalue weighted by Gasteiger charge is 2.24. The predicted octanol–water partition coefficient (Wildman–Crippen LogP) is 1.93. The number of ether oxygens (including phenoxy) is 1. The molecule has 1 saturated heterocycles. The number of carboxylic acid groups (broad SMARTS) is 1. The number of aliphatic carboxylic acids is 1. The van der Waals surface area contributed by atoms with E-state index in [-0.39, 0.29) is 12.3 Å². The SMILES string of the molecule is COc1ccc2nccc(CCC[C@@H]3CCNC[C@@H]3CC(=O)[O-])c2c1. The number of carbonyl (C=O) groups is 1. The smallest absolute Gasteiger partial charge is 0.119 e. The van der Waals surface area contributed by atoms with Gasteiger partial charge in [-0.1, -0.05) is 0 Å². The third kappa shape index (κ3) is 4.48. The molecule has 1 aromatic carbocycles. The van der Waals surface area contributed by atoms with E-state index in [1.54, 1.807) is 7.11 Å². The molecule has 0 aliphatic carbocycles. The summed E-state index contributed by atoms with van der Waals surface area (Å²) in [6.07, 6.45) is 6.12. The first-order valence-electron chi connectivity index (χ1n) is 8.99. The molecule has 5 heteroatoms. The van der Waals surface area contributed by atoms with Gasteiger partial charge in [0.05, 0.1) is 12.6 Å². The molecule has 1 aromatic heterocycles. The summed E-state index contributed by atoms with van der Waals surface area (Å²) in [7, 11) is 1.67. The van der Waals surface area contributed by atoms with Gasteiger partial charge in [-0.05, 0) is 86.9 Å². The molecule has 0 saturated carbocycles. The maximum absolute atomic E-state index is 11.0. The number of nitrogens with one attached hydrogen (secondary N) is 1. The van der Waals surface area contributed by atoms with Gasteiger partial charge in [-0.15, -0.1) is 0 Å². The van der Waals surface area contributed by atoms with Gasteiger partial charge in [-0.2, -0.15) is 0 Å². The Morgan fingerprint density at radius 2 is 2.24 bits per heavy atom. The van der Waals surface area contributed by atoms with E-state index in [1.165, 1.54) is 5.56 Å².